The Morgan fingerprint density at radius 2 is 1.94 bits per heavy atom. The summed E-state index contributed by atoms with van der Waals surface area (Å²) < 4.78 is 26.2. The molecule has 1 aliphatic rings. The van der Waals surface area contributed by atoms with Gasteiger partial charge in [-0.2, -0.15) is 0 Å². The molecule has 0 saturated carbocycles. The molecule has 2 rings (SSSR count). The minimum atomic E-state index is -0.774. The molecule has 0 radical (unpaired) electrons. The minimum absolute atomic E-state index is 0.386. The van der Waals surface area contributed by atoms with Gasteiger partial charge in [-0.25, -0.2) is 8.78 Å². The molecule has 0 unspecified atom stereocenters. The van der Waals surface area contributed by atoms with Crippen LogP contribution < -0.4 is 5.32 Å². The first-order valence-electron chi connectivity index (χ1n) is 6.13. The second-order valence-corrected chi connectivity index (χ2v) is 4.44. The van der Waals surface area contributed by atoms with Crippen LogP contribution in [0.4, 0.5) is 8.78 Å². The summed E-state index contributed by atoms with van der Waals surface area (Å²) in [6.07, 6.45) is 2.55. The lowest BCUT2D eigenvalue weighted by Gasteiger charge is -2.14. The zero-order valence-electron chi connectivity index (χ0n) is 9.88. The molecule has 1 heterocycles. The standard InChI is InChI=1S/C13H18F2N2/c14-12-5-3-4-11(13(12)15)10-16-6-9-17-7-1-2-8-17/h3-5,16H,1-2,6-10H2. The van der Waals surface area contributed by atoms with Crippen molar-refractivity contribution in [1.82, 2.24) is 10.2 Å². The highest BCUT2D eigenvalue weighted by atomic mass is 19.2. The van der Waals surface area contributed by atoms with E-state index in [9.17, 15) is 8.78 Å². The van der Waals surface area contributed by atoms with E-state index in [4.69, 9.17) is 0 Å². The fourth-order valence-corrected chi connectivity index (χ4v) is 2.15. The van der Waals surface area contributed by atoms with Gasteiger partial charge in [0.05, 0.1) is 0 Å². The number of hydrogen-bond donors (Lipinski definition) is 1. The predicted octanol–water partition coefficient (Wildman–Crippen LogP) is 2.15. The van der Waals surface area contributed by atoms with Crippen molar-refractivity contribution < 1.29 is 8.78 Å². The van der Waals surface area contributed by atoms with E-state index in [1.54, 1.807) is 6.07 Å². The van der Waals surface area contributed by atoms with Gasteiger partial charge in [-0.1, -0.05) is 12.1 Å². The average Bonchev–Trinajstić information content (AvgIpc) is 2.83. The molecule has 94 valence electrons. The van der Waals surface area contributed by atoms with E-state index in [0.717, 1.165) is 32.2 Å². The van der Waals surface area contributed by atoms with Gasteiger partial charge in [0.25, 0.3) is 0 Å². The molecule has 1 aromatic rings. The Labute approximate surface area is 101 Å². The maximum atomic E-state index is 13.3. The highest BCUT2D eigenvalue weighted by molar-refractivity contribution is 5.18. The number of benzene rings is 1. The molecule has 1 fully saturated rings. The van der Waals surface area contributed by atoms with Crippen LogP contribution in [0.15, 0.2) is 18.2 Å². The van der Waals surface area contributed by atoms with E-state index < -0.39 is 11.6 Å². The molecule has 1 saturated heterocycles. The molecule has 4 heteroatoms. The smallest absolute Gasteiger partial charge is 0.163 e. The van der Waals surface area contributed by atoms with Crippen LogP contribution in [-0.2, 0) is 6.54 Å². The van der Waals surface area contributed by atoms with Gasteiger partial charge >= 0.3 is 0 Å². The molecule has 1 N–H and O–H groups in total. The van der Waals surface area contributed by atoms with Gasteiger partial charge in [0.15, 0.2) is 11.6 Å². The van der Waals surface area contributed by atoms with E-state index in [0.29, 0.717) is 12.1 Å². The molecular formula is C13H18F2N2. The van der Waals surface area contributed by atoms with Crippen molar-refractivity contribution in [3.63, 3.8) is 0 Å². The van der Waals surface area contributed by atoms with Crippen LogP contribution in [0.3, 0.4) is 0 Å². The third kappa shape index (κ3) is 3.48. The predicted molar refractivity (Wildman–Crippen MR) is 63.7 cm³/mol. The summed E-state index contributed by atoms with van der Waals surface area (Å²) in [5, 5.41) is 3.15. The number of rotatable bonds is 5. The molecule has 1 aromatic carbocycles. The summed E-state index contributed by atoms with van der Waals surface area (Å²) >= 11 is 0. The molecule has 0 amide bonds. The number of likely N-dealkylation sites (tertiary alicyclic amines) is 1. The quantitative estimate of drug-likeness (QED) is 0.793. The van der Waals surface area contributed by atoms with Crippen molar-refractivity contribution in [2.24, 2.45) is 0 Å². The Kier molecular flexibility index (Phi) is 4.45. The van der Waals surface area contributed by atoms with E-state index >= 15 is 0 Å². The monoisotopic (exact) mass is 240 g/mol. The van der Waals surface area contributed by atoms with E-state index in [2.05, 4.69) is 10.2 Å². The van der Waals surface area contributed by atoms with Gasteiger partial charge in [-0.05, 0) is 32.0 Å². The van der Waals surface area contributed by atoms with Crippen LogP contribution in [-0.4, -0.2) is 31.1 Å². The Bertz CT molecular complexity index is 362. The lowest BCUT2D eigenvalue weighted by Crippen LogP contribution is -2.29. The second-order valence-electron chi connectivity index (χ2n) is 4.44. The number of halogens is 2. The Morgan fingerprint density at radius 3 is 2.71 bits per heavy atom. The molecule has 0 atom stereocenters. The molecule has 2 nitrogen and oxygen atoms in total. The lowest BCUT2D eigenvalue weighted by atomic mass is 10.2. The van der Waals surface area contributed by atoms with Crippen molar-refractivity contribution >= 4 is 0 Å². The fraction of sp³-hybridized carbons (Fsp3) is 0.538. The van der Waals surface area contributed by atoms with Crippen LogP contribution >= 0.6 is 0 Å². The van der Waals surface area contributed by atoms with Gasteiger partial charge in [0.2, 0.25) is 0 Å². The van der Waals surface area contributed by atoms with E-state index in [1.165, 1.54) is 18.9 Å². The van der Waals surface area contributed by atoms with Crippen LogP contribution in [0.1, 0.15) is 18.4 Å². The van der Waals surface area contributed by atoms with Crippen molar-refractivity contribution in [3.8, 4) is 0 Å². The van der Waals surface area contributed by atoms with Crippen molar-refractivity contribution in [2.45, 2.75) is 19.4 Å². The van der Waals surface area contributed by atoms with Gasteiger partial charge in [-0.15, -0.1) is 0 Å². The Balaban J connectivity index is 1.72. The third-order valence-corrected chi connectivity index (χ3v) is 3.15. The largest absolute Gasteiger partial charge is 0.311 e. The summed E-state index contributed by atoms with van der Waals surface area (Å²) in [4.78, 5) is 2.38. The van der Waals surface area contributed by atoms with Gasteiger partial charge in [-0.3, -0.25) is 0 Å². The van der Waals surface area contributed by atoms with Gasteiger partial charge < -0.3 is 10.2 Å². The highest BCUT2D eigenvalue weighted by Crippen LogP contribution is 2.11. The zero-order chi connectivity index (χ0) is 12.1. The summed E-state index contributed by atoms with van der Waals surface area (Å²) in [6.45, 7) is 4.51. The molecule has 0 spiro atoms. The Morgan fingerprint density at radius 1 is 1.18 bits per heavy atom. The van der Waals surface area contributed by atoms with Crippen LogP contribution in [0.5, 0.6) is 0 Å². The zero-order valence-corrected chi connectivity index (χ0v) is 9.88. The minimum Gasteiger partial charge on any atom is -0.311 e. The number of nitrogens with zero attached hydrogens (tertiary/aromatic N) is 1. The summed E-state index contributed by atoms with van der Waals surface area (Å²) in [5.41, 5.74) is 0.395. The topological polar surface area (TPSA) is 15.3 Å². The van der Waals surface area contributed by atoms with Gasteiger partial charge in [0, 0.05) is 25.2 Å². The summed E-state index contributed by atoms with van der Waals surface area (Å²) in [6, 6.07) is 4.29. The Hall–Kier alpha value is -1.00. The van der Waals surface area contributed by atoms with Crippen molar-refractivity contribution in [3.05, 3.63) is 35.4 Å². The summed E-state index contributed by atoms with van der Waals surface area (Å²) in [5.74, 6) is -1.51. The molecule has 17 heavy (non-hydrogen) atoms. The van der Waals surface area contributed by atoms with Crippen LogP contribution in [0, 0.1) is 11.6 Å². The van der Waals surface area contributed by atoms with E-state index in [-0.39, 0.29) is 0 Å². The maximum absolute atomic E-state index is 13.3. The lowest BCUT2D eigenvalue weighted by molar-refractivity contribution is 0.335. The SMILES string of the molecule is Fc1cccc(CNCCN2CCCC2)c1F. The van der Waals surface area contributed by atoms with Crippen molar-refractivity contribution in [2.75, 3.05) is 26.2 Å². The summed E-state index contributed by atoms with van der Waals surface area (Å²) in [7, 11) is 0. The highest BCUT2D eigenvalue weighted by Gasteiger charge is 2.10. The molecule has 1 aliphatic heterocycles. The normalized spacial score (nSPS) is 16.6. The first kappa shape index (κ1) is 12.5. The number of hydrogen-bond acceptors (Lipinski definition) is 2. The first-order chi connectivity index (χ1) is 8.27. The van der Waals surface area contributed by atoms with Crippen LogP contribution in [0.25, 0.3) is 0 Å². The first-order valence-corrected chi connectivity index (χ1v) is 6.13. The van der Waals surface area contributed by atoms with E-state index in [1.807, 2.05) is 0 Å². The molecular weight excluding hydrogens is 222 g/mol. The molecule has 0 aromatic heterocycles. The molecule has 0 bridgehead atoms. The third-order valence-electron chi connectivity index (χ3n) is 3.15. The fourth-order valence-electron chi connectivity index (χ4n) is 2.15. The average molecular weight is 240 g/mol. The van der Waals surface area contributed by atoms with Crippen molar-refractivity contribution in [1.29, 1.82) is 0 Å². The molecule has 0 aliphatic carbocycles. The number of nitrogens with one attached hydrogen (secondary N) is 1. The second kappa shape index (κ2) is 6.07. The van der Waals surface area contributed by atoms with Crippen LogP contribution in [0.2, 0.25) is 0 Å². The van der Waals surface area contributed by atoms with Gasteiger partial charge in [0.1, 0.15) is 0 Å². The maximum Gasteiger partial charge on any atom is 0.163 e.